The quantitative estimate of drug-likeness (QED) is 0.305. The number of nitrogens with zero attached hydrogens (tertiary/aromatic N) is 1. The Morgan fingerprint density at radius 3 is 2.43 bits per heavy atom. The lowest BCUT2D eigenvalue weighted by Crippen LogP contribution is -2.42. The fourth-order valence-corrected chi connectivity index (χ4v) is 2.84. The Kier molecular flexibility index (Phi) is 10.6. The molecule has 0 aromatic rings. The third-order valence-electron chi connectivity index (χ3n) is 3.38. The molecule has 1 rings (SSSR count). The lowest BCUT2D eigenvalue weighted by atomic mass is 9.86. The van der Waals surface area contributed by atoms with Gasteiger partial charge in [-0.25, -0.2) is 13.1 Å². The van der Waals surface area contributed by atoms with Crippen molar-refractivity contribution in [2.45, 2.75) is 33.1 Å². The van der Waals surface area contributed by atoms with Gasteiger partial charge in [0.1, 0.15) is 0 Å². The summed E-state index contributed by atoms with van der Waals surface area (Å²) in [7, 11) is -1.50. The molecule has 21 heavy (non-hydrogen) atoms. The van der Waals surface area contributed by atoms with Crippen molar-refractivity contribution < 1.29 is 8.42 Å². The van der Waals surface area contributed by atoms with Gasteiger partial charge < -0.3 is 10.6 Å². The van der Waals surface area contributed by atoms with Crippen LogP contribution in [0.4, 0.5) is 0 Å². The van der Waals surface area contributed by atoms with Crippen LogP contribution in [0.2, 0.25) is 0 Å². The maximum absolute atomic E-state index is 11.8. The second-order valence-corrected chi connectivity index (χ2v) is 7.66. The Bertz CT molecular complexity index is 408. The average molecular weight is 432 g/mol. The first-order valence-corrected chi connectivity index (χ1v) is 9.00. The predicted octanol–water partition coefficient (Wildman–Crippen LogP) is 1.14. The SMILES string of the molecule is CN=C(NCCS(=O)(=O)NCC1CCC1)NCC(C)C.I. The number of rotatable bonds is 8. The van der Waals surface area contributed by atoms with Gasteiger partial charge in [0.2, 0.25) is 10.0 Å². The van der Waals surface area contributed by atoms with Crippen LogP contribution in [0.5, 0.6) is 0 Å². The molecule has 0 aliphatic heterocycles. The van der Waals surface area contributed by atoms with Gasteiger partial charge in [0.25, 0.3) is 0 Å². The van der Waals surface area contributed by atoms with Crippen LogP contribution in [-0.4, -0.2) is 46.8 Å². The highest BCUT2D eigenvalue weighted by atomic mass is 127. The topological polar surface area (TPSA) is 82.6 Å². The number of nitrogens with one attached hydrogen (secondary N) is 3. The minimum absolute atomic E-state index is 0. The summed E-state index contributed by atoms with van der Waals surface area (Å²) in [5.41, 5.74) is 0. The summed E-state index contributed by atoms with van der Waals surface area (Å²) >= 11 is 0. The fourth-order valence-electron chi connectivity index (χ4n) is 1.84. The van der Waals surface area contributed by atoms with Crippen LogP contribution in [0.3, 0.4) is 0 Å². The Hall–Kier alpha value is -0.0900. The van der Waals surface area contributed by atoms with Gasteiger partial charge in [-0.2, -0.15) is 0 Å². The third-order valence-corrected chi connectivity index (χ3v) is 4.73. The minimum Gasteiger partial charge on any atom is -0.356 e. The largest absolute Gasteiger partial charge is 0.356 e. The van der Waals surface area contributed by atoms with Crippen molar-refractivity contribution in [3.05, 3.63) is 0 Å². The van der Waals surface area contributed by atoms with Crippen molar-refractivity contribution in [3.8, 4) is 0 Å². The summed E-state index contributed by atoms with van der Waals surface area (Å²) in [4.78, 5) is 4.06. The average Bonchev–Trinajstić information content (AvgIpc) is 2.31. The molecule has 0 amide bonds. The smallest absolute Gasteiger partial charge is 0.213 e. The molecule has 1 aliphatic rings. The Morgan fingerprint density at radius 2 is 1.95 bits per heavy atom. The number of sulfonamides is 1. The Morgan fingerprint density at radius 1 is 1.29 bits per heavy atom. The molecule has 0 aromatic carbocycles. The van der Waals surface area contributed by atoms with Crippen molar-refractivity contribution in [1.82, 2.24) is 15.4 Å². The van der Waals surface area contributed by atoms with Crippen LogP contribution in [0.15, 0.2) is 4.99 Å². The van der Waals surface area contributed by atoms with Gasteiger partial charge >= 0.3 is 0 Å². The number of guanidine groups is 1. The molecule has 126 valence electrons. The van der Waals surface area contributed by atoms with Gasteiger partial charge in [-0.05, 0) is 24.7 Å². The van der Waals surface area contributed by atoms with Crippen LogP contribution in [0.1, 0.15) is 33.1 Å². The molecule has 0 heterocycles. The molecule has 0 radical (unpaired) electrons. The van der Waals surface area contributed by atoms with Crippen molar-refractivity contribution in [2.24, 2.45) is 16.8 Å². The number of halogens is 1. The highest BCUT2D eigenvalue weighted by Gasteiger charge is 2.19. The molecular weight excluding hydrogens is 403 g/mol. The molecule has 0 unspecified atom stereocenters. The summed E-state index contributed by atoms with van der Waals surface area (Å²) < 4.78 is 26.3. The maximum atomic E-state index is 11.8. The Balaban J connectivity index is 0.00000400. The van der Waals surface area contributed by atoms with Crippen LogP contribution in [-0.2, 0) is 10.0 Å². The molecule has 8 heteroatoms. The van der Waals surface area contributed by atoms with E-state index in [4.69, 9.17) is 0 Å². The summed E-state index contributed by atoms with van der Waals surface area (Å²) in [6.07, 6.45) is 3.52. The van der Waals surface area contributed by atoms with E-state index in [-0.39, 0.29) is 29.7 Å². The monoisotopic (exact) mass is 432 g/mol. The number of aliphatic imine (C=N–C) groups is 1. The molecule has 0 atom stereocenters. The molecule has 1 fully saturated rings. The lowest BCUT2D eigenvalue weighted by molar-refractivity contribution is 0.316. The van der Waals surface area contributed by atoms with Gasteiger partial charge in [-0.3, -0.25) is 4.99 Å². The van der Waals surface area contributed by atoms with E-state index in [0.29, 0.717) is 30.9 Å². The Labute approximate surface area is 146 Å². The van der Waals surface area contributed by atoms with E-state index in [9.17, 15) is 8.42 Å². The zero-order valence-electron chi connectivity index (χ0n) is 13.2. The molecule has 0 bridgehead atoms. The van der Waals surface area contributed by atoms with Gasteiger partial charge in [0, 0.05) is 26.7 Å². The molecule has 1 aliphatic carbocycles. The van der Waals surface area contributed by atoms with E-state index in [1.807, 2.05) is 0 Å². The molecule has 0 saturated heterocycles. The van der Waals surface area contributed by atoms with Crippen molar-refractivity contribution >= 4 is 40.0 Å². The van der Waals surface area contributed by atoms with Crippen LogP contribution < -0.4 is 15.4 Å². The third kappa shape index (κ3) is 9.51. The van der Waals surface area contributed by atoms with E-state index in [1.165, 1.54) is 6.42 Å². The van der Waals surface area contributed by atoms with E-state index in [2.05, 4.69) is 34.2 Å². The minimum atomic E-state index is -3.18. The first-order valence-electron chi connectivity index (χ1n) is 7.35. The molecule has 0 aromatic heterocycles. The van der Waals surface area contributed by atoms with E-state index in [1.54, 1.807) is 7.05 Å². The maximum Gasteiger partial charge on any atom is 0.213 e. The summed E-state index contributed by atoms with van der Waals surface area (Å²) in [5, 5.41) is 6.16. The zero-order chi connectivity index (χ0) is 15.0. The second kappa shape index (κ2) is 10.6. The van der Waals surface area contributed by atoms with Gasteiger partial charge in [-0.1, -0.05) is 20.3 Å². The predicted molar refractivity (Wildman–Crippen MR) is 98.7 cm³/mol. The lowest BCUT2D eigenvalue weighted by Gasteiger charge is -2.25. The second-order valence-electron chi connectivity index (χ2n) is 5.74. The summed E-state index contributed by atoms with van der Waals surface area (Å²) in [6.45, 7) is 5.97. The van der Waals surface area contributed by atoms with E-state index in [0.717, 1.165) is 19.4 Å². The highest BCUT2D eigenvalue weighted by molar-refractivity contribution is 14.0. The summed E-state index contributed by atoms with van der Waals surface area (Å²) in [6, 6.07) is 0. The van der Waals surface area contributed by atoms with Gasteiger partial charge in [0.15, 0.2) is 5.96 Å². The fraction of sp³-hybridized carbons (Fsp3) is 0.923. The van der Waals surface area contributed by atoms with Gasteiger partial charge in [-0.15, -0.1) is 24.0 Å². The highest BCUT2D eigenvalue weighted by Crippen LogP contribution is 2.25. The van der Waals surface area contributed by atoms with Crippen molar-refractivity contribution in [2.75, 3.05) is 32.4 Å². The number of hydrogen-bond acceptors (Lipinski definition) is 3. The van der Waals surface area contributed by atoms with Crippen LogP contribution >= 0.6 is 24.0 Å². The van der Waals surface area contributed by atoms with Crippen LogP contribution in [0.25, 0.3) is 0 Å². The molecule has 3 N–H and O–H groups in total. The molecular formula is C13H29IN4O2S. The normalized spacial score (nSPS) is 16.3. The first-order chi connectivity index (χ1) is 9.43. The van der Waals surface area contributed by atoms with Gasteiger partial charge in [0.05, 0.1) is 5.75 Å². The van der Waals surface area contributed by atoms with E-state index >= 15 is 0 Å². The van der Waals surface area contributed by atoms with Crippen molar-refractivity contribution in [1.29, 1.82) is 0 Å². The first kappa shape index (κ1) is 20.9. The zero-order valence-corrected chi connectivity index (χ0v) is 16.3. The molecule has 0 spiro atoms. The number of hydrogen-bond donors (Lipinski definition) is 3. The van der Waals surface area contributed by atoms with Crippen molar-refractivity contribution in [3.63, 3.8) is 0 Å². The molecule has 6 nitrogen and oxygen atoms in total. The van der Waals surface area contributed by atoms with E-state index < -0.39 is 10.0 Å². The standard InChI is InChI=1S/C13H28N4O2S.HI/c1-11(2)9-16-13(14-3)15-7-8-20(18,19)17-10-12-5-4-6-12;/h11-12,17H,4-10H2,1-3H3,(H2,14,15,16);1H. The van der Waals surface area contributed by atoms with Crippen LogP contribution in [0, 0.1) is 11.8 Å². The summed E-state index contributed by atoms with van der Waals surface area (Å²) in [5.74, 6) is 1.77. The molecule has 1 saturated carbocycles.